The Kier molecular flexibility index (Phi) is 2.67. The lowest BCUT2D eigenvalue weighted by atomic mass is 9.75. The first kappa shape index (κ1) is 11.5. The van der Waals surface area contributed by atoms with E-state index >= 15 is 0 Å². The summed E-state index contributed by atoms with van der Waals surface area (Å²) >= 11 is 0. The molecular weight excluding hydrogens is 216 g/mol. The van der Waals surface area contributed by atoms with Crippen molar-refractivity contribution in [2.45, 2.75) is 32.3 Å². The topological polar surface area (TPSA) is 43.8 Å². The average molecular weight is 238 g/mol. The van der Waals surface area contributed by atoms with Gasteiger partial charge in [-0.15, -0.1) is 0 Å². The Hall–Kier alpha value is -0.610. The van der Waals surface area contributed by atoms with E-state index in [1.165, 1.54) is 19.5 Å². The summed E-state index contributed by atoms with van der Waals surface area (Å²) in [6, 6.07) is 0. The lowest BCUT2D eigenvalue weighted by Gasteiger charge is -2.50. The van der Waals surface area contributed by atoms with Crippen molar-refractivity contribution >= 4 is 5.91 Å². The lowest BCUT2D eigenvalue weighted by molar-refractivity contribution is -0.154. The molecule has 0 atom stereocenters. The van der Waals surface area contributed by atoms with Gasteiger partial charge in [-0.1, -0.05) is 6.92 Å². The minimum atomic E-state index is -0.221. The van der Waals surface area contributed by atoms with Crippen molar-refractivity contribution in [3.8, 4) is 0 Å². The summed E-state index contributed by atoms with van der Waals surface area (Å²) < 4.78 is 0. The van der Waals surface area contributed by atoms with Crippen LogP contribution in [0.3, 0.4) is 0 Å². The molecule has 0 bridgehead atoms. The first-order chi connectivity index (χ1) is 8.12. The van der Waals surface area contributed by atoms with Gasteiger partial charge in [0.15, 0.2) is 0 Å². The van der Waals surface area contributed by atoms with Gasteiger partial charge in [-0.05, 0) is 32.4 Å². The first-order valence-corrected chi connectivity index (χ1v) is 6.81. The highest BCUT2D eigenvalue weighted by Crippen LogP contribution is 2.41. The van der Waals surface area contributed by atoms with Crippen LogP contribution in [0.25, 0.3) is 0 Å². The Morgan fingerprint density at radius 3 is 2.59 bits per heavy atom. The number of nitrogens with zero attached hydrogens (tertiary/aromatic N) is 2. The number of hydrogen-bond acceptors (Lipinski definition) is 3. The molecule has 1 N–H and O–H groups in total. The van der Waals surface area contributed by atoms with Crippen LogP contribution in [0, 0.1) is 11.3 Å². The molecule has 3 rings (SSSR count). The summed E-state index contributed by atoms with van der Waals surface area (Å²) in [5.74, 6) is 0.405. The van der Waals surface area contributed by atoms with Gasteiger partial charge in [0.2, 0.25) is 5.91 Å². The number of carbonyl (C=O) groups is 1. The van der Waals surface area contributed by atoms with E-state index in [2.05, 4.69) is 11.8 Å². The Morgan fingerprint density at radius 2 is 2.06 bits per heavy atom. The quantitative estimate of drug-likeness (QED) is 0.753. The van der Waals surface area contributed by atoms with E-state index in [0.29, 0.717) is 18.3 Å². The largest absolute Gasteiger partial charge is 0.393 e. The summed E-state index contributed by atoms with van der Waals surface area (Å²) in [6.45, 7) is 7.60. The van der Waals surface area contributed by atoms with Gasteiger partial charge in [0.05, 0.1) is 6.10 Å². The highest BCUT2D eigenvalue weighted by atomic mass is 16.3. The number of hydrogen-bond donors (Lipinski definition) is 1. The predicted octanol–water partition coefficient (Wildman–Crippen LogP) is 0.311. The maximum atomic E-state index is 12.0. The van der Waals surface area contributed by atoms with Crippen LogP contribution in [-0.4, -0.2) is 59.6 Å². The first-order valence-electron chi connectivity index (χ1n) is 6.81. The summed E-state index contributed by atoms with van der Waals surface area (Å²) in [5.41, 5.74) is 0.411. The zero-order valence-corrected chi connectivity index (χ0v) is 10.6. The van der Waals surface area contributed by atoms with Crippen LogP contribution in [0.2, 0.25) is 0 Å². The minimum absolute atomic E-state index is 0.117. The molecule has 1 saturated carbocycles. The molecular formula is C13H22N2O2. The number of aliphatic hydroxyl groups is 1. The van der Waals surface area contributed by atoms with Gasteiger partial charge in [0, 0.05) is 31.0 Å². The van der Waals surface area contributed by atoms with Crippen molar-refractivity contribution in [1.82, 2.24) is 9.80 Å². The zero-order valence-electron chi connectivity index (χ0n) is 10.6. The Morgan fingerprint density at radius 1 is 1.35 bits per heavy atom. The van der Waals surface area contributed by atoms with Crippen LogP contribution < -0.4 is 0 Å². The summed E-state index contributed by atoms with van der Waals surface area (Å²) in [5, 5.41) is 9.23. The van der Waals surface area contributed by atoms with Crippen LogP contribution in [0.4, 0.5) is 0 Å². The smallest absolute Gasteiger partial charge is 0.225 e. The Balaban J connectivity index is 1.50. The lowest BCUT2D eigenvalue weighted by Crippen LogP contribution is -2.61. The molecule has 0 unspecified atom stereocenters. The average Bonchev–Trinajstić information content (AvgIpc) is 2.66. The molecule has 96 valence electrons. The molecule has 0 aromatic carbocycles. The maximum absolute atomic E-state index is 12.0. The van der Waals surface area contributed by atoms with Gasteiger partial charge in [-0.3, -0.25) is 4.79 Å². The number of rotatable bonds is 2. The monoisotopic (exact) mass is 238 g/mol. The molecule has 3 fully saturated rings. The van der Waals surface area contributed by atoms with Gasteiger partial charge in [-0.25, -0.2) is 0 Å². The molecule has 1 aliphatic carbocycles. The molecule has 2 aliphatic heterocycles. The molecule has 4 heteroatoms. The maximum Gasteiger partial charge on any atom is 0.225 e. The fourth-order valence-electron chi connectivity index (χ4n) is 3.52. The number of likely N-dealkylation sites (tertiary alicyclic amines) is 2. The molecule has 0 aromatic rings. The molecule has 2 saturated heterocycles. The molecule has 17 heavy (non-hydrogen) atoms. The van der Waals surface area contributed by atoms with Crippen LogP contribution in [0.5, 0.6) is 0 Å². The molecule has 0 aromatic heterocycles. The second-order valence-electron chi connectivity index (χ2n) is 6.14. The minimum Gasteiger partial charge on any atom is -0.393 e. The van der Waals surface area contributed by atoms with Gasteiger partial charge < -0.3 is 14.9 Å². The number of aliphatic hydroxyl groups excluding tert-OH is 1. The van der Waals surface area contributed by atoms with E-state index in [1.54, 1.807) is 0 Å². The highest BCUT2D eigenvalue weighted by Gasteiger charge is 2.50. The van der Waals surface area contributed by atoms with E-state index < -0.39 is 0 Å². The second kappa shape index (κ2) is 3.95. The van der Waals surface area contributed by atoms with Crippen molar-refractivity contribution < 1.29 is 9.90 Å². The van der Waals surface area contributed by atoms with Crippen LogP contribution in [-0.2, 0) is 4.79 Å². The standard InChI is InChI=1S/C13H22N2O2/c1-2-14-4-3-13(7-14)8-15(9-13)12(17)10-5-11(16)6-10/h10-11,16H,2-9H2,1H3. The van der Waals surface area contributed by atoms with E-state index in [9.17, 15) is 9.90 Å². The summed E-state index contributed by atoms with van der Waals surface area (Å²) in [4.78, 5) is 16.5. The highest BCUT2D eigenvalue weighted by molar-refractivity contribution is 5.80. The molecule has 3 aliphatic rings. The van der Waals surface area contributed by atoms with Crippen molar-refractivity contribution in [2.75, 3.05) is 32.7 Å². The fourth-order valence-corrected chi connectivity index (χ4v) is 3.52. The number of amides is 1. The normalized spacial score (nSPS) is 35.8. The summed E-state index contributed by atoms with van der Waals surface area (Å²) in [7, 11) is 0. The van der Waals surface area contributed by atoms with Crippen molar-refractivity contribution in [1.29, 1.82) is 0 Å². The van der Waals surface area contributed by atoms with E-state index in [4.69, 9.17) is 0 Å². The second-order valence-corrected chi connectivity index (χ2v) is 6.14. The molecule has 1 amide bonds. The third-order valence-electron chi connectivity index (χ3n) is 4.79. The van der Waals surface area contributed by atoms with E-state index in [1.807, 2.05) is 4.90 Å². The molecule has 0 radical (unpaired) electrons. The third-order valence-corrected chi connectivity index (χ3v) is 4.79. The Bertz CT molecular complexity index is 319. The molecule has 4 nitrogen and oxygen atoms in total. The van der Waals surface area contributed by atoms with Gasteiger partial charge in [0.25, 0.3) is 0 Å². The molecule has 1 spiro atoms. The van der Waals surface area contributed by atoms with E-state index in [0.717, 1.165) is 19.6 Å². The van der Waals surface area contributed by atoms with Crippen LogP contribution in [0.1, 0.15) is 26.2 Å². The molecule has 2 heterocycles. The van der Waals surface area contributed by atoms with Gasteiger partial charge in [0.1, 0.15) is 0 Å². The van der Waals surface area contributed by atoms with Crippen LogP contribution in [0.15, 0.2) is 0 Å². The van der Waals surface area contributed by atoms with Gasteiger partial charge >= 0.3 is 0 Å². The SMILES string of the molecule is CCN1CCC2(C1)CN(C(=O)C1CC(O)C1)C2. The van der Waals surface area contributed by atoms with E-state index in [-0.39, 0.29) is 17.9 Å². The zero-order chi connectivity index (χ0) is 12.0. The number of carbonyl (C=O) groups excluding carboxylic acids is 1. The fraction of sp³-hybridized carbons (Fsp3) is 0.923. The van der Waals surface area contributed by atoms with Gasteiger partial charge in [-0.2, -0.15) is 0 Å². The van der Waals surface area contributed by atoms with Crippen LogP contribution >= 0.6 is 0 Å². The van der Waals surface area contributed by atoms with Crippen molar-refractivity contribution in [3.63, 3.8) is 0 Å². The Labute approximate surface area is 103 Å². The predicted molar refractivity (Wildman–Crippen MR) is 64.5 cm³/mol. The van der Waals surface area contributed by atoms with Crippen molar-refractivity contribution in [2.24, 2.45) is 11.3 Å². The third kappa shape index (κ3) is 1.87. The van der Waals surface area contributed by atoms with Crippen molar-refractivity contribution in [3.05, 3.63) is 0 Å². The summed E-state index contributed by atoms with van der Waals surface area (Å²) in [6.07, 6.45) is 2.39.